The zero-order chi connectivity index (χ0) is 12.8. The van der Waals surface area contributed by atoms with Crippen LogP contribution in [0.25, 0.3) is 0 Å². The third-order valence-corrected chi connectivity index (χ3v) is 2.44. The van der Waals surface area contributed by atoms with E-state index >= 15 is 0 Å². The van der Waals surface area contributed by atoms with Crippen molar-refractivity contribution in [2.75, 3.05) is 40.1 Å². The lowest BCUT2D eigenvalue weighted by Gasteiger charge is -2.18. The monoisotopic (exact) mass is 236 g/mol. The number of aromatic nitrogens is 1. The smallest absolute Gasteiger partial charge is 0.236 e. The van der Waals surface area contributed by atoms with Crippen LogP contribution in [-0.4, -0.2) is 55.4 Å². The van der Waals surface area contributed by atoms with Crippen LogP contribution < -0.4 is 5.32 Å². The van der Waals surface area contributed by atoms with Crippen LogP contribution in [0.4, 0.5) is 5.69 Å². The van der Waals surface area contributed by atoms with Gasteiger partial charge in [0.05, 0.1) is 12.2 Å². The highest BCUT2D eigenvalue weighted by atomic mass is 16.2. The summed E-state index contributed by atoms with van der Waals surface area (Å²) in [7, 11) is 7.31. The Balaban J connectivity index is 2.55. The molecule has 0 bridgehead atoms. The van der Waals surface area contributed by atoms with Gasteiger partial charge in [-0.1, -0.05) is 0 Å². The molecular weight excluding hydrogens is 216 g/mol. The summed E-state index contributed by atoms with van der Waals surface area (Å²) in [4.78, 5) is 19.3. The first-order chi connectivity index (χ1) is 8.02. The Morgan fingerprint density at radius 2 is 2.12 bits per heavy atom. The van der Waals surface area contributed by atoms with Crippen molar-refractivity contribution in [3.8, 4) is 0 Å². The zero-order valence-corrected chi connectivity index (χ0v) is 10.9. The number of amides is 1. The Morgan fingerprint density at radius 3 is 2.71 bits per heavy atom. The van der Waals surface area contributed by atoms with Gasteiger partial charge in [0.2, 0.25) is 5.91 Å². The Kier molecular flexibility index (Phi) is 4.90. The van der Waals surface area contributed by atoms with Crippen LogP contribution in [-0.2, 0) is 11.3 Å². The lowest BCUT2D eigenvalue weighted by atomic mass is 10.3. The van der Waals surface area contributed by atoms with E-state index in [1.807, 2.05) is 31.1 Å². The minimum Gasteiger partial charge on any atom is -0.388 e. The van der Waals surface area contributed by atoms with Gasteiger partial charge < -0.3 is 10.2 Å². The standard InChI is InChI=1S/C12H20N4O/c1-13-10-5-6-14-11(7-10)8-16(4)9-12(17)15(2)3/h5-7H,8-9H2,1-4H3,(H,13,14). The highest BCUT2D eigenvalue weighted by Crippen LogP contribution is 2.08. The average Bonchev–Trinajstić information content (AvgIpc) is 2.28. The van der Waals surface area contributed by atoms with Gasteiger partial charge in [0.25, 0.3) is 0 Å². The summed E-state index contributed by atoms with van der Waals surface area (Å²) in [5, 5.41) is 3.07. The highest BCUT2D eigenvalue weighted by molar-refractivity contribution is 5.77. The molecule has 0 saturated carbocycles. The highest BCUT2D eigenvalue weighted by Gasteiger charge is 2.09. The minimum absolute atomic E-state index is 0.0947. The Hall–Kier alpha value is -1.62. The van der Waals surface area contributed by atoms with Crippen LogP contribution in [0.15, 0.2) is 18.3 Å². The molecule has 0 spiro atoms. The number of anilines is 1. The van der Waals surface area contributed by atoms with Gasteiger partial charge in [-0.3, -0.25) is 14.7 Å². The maximum Gasteiger partial charge on any atom is 0.236 e. The van der Waals surface area contributed by atoms with E-state index in [2.05, 4.69) is 10.3 Å². The van der Waals surface area contributed by atoms with Crippen LogP contribution in [0.3, 0.4) is 0 Å². The fourth-order valence-corrected chi connectivity index (χ4v) is 1.42. The molecule has 0 radical (unpaired) electrons. The molecule has 5 nitrogen and oxygen atoms in total. The molecule has 0 fully saturated rings. The summed E-state index contributed by atoms with van der Waals surface area (Å²) in [6, 6.07) is 3.89. The van der Waals surface area contributed by atoms with E-state index < -0.39 is 0 Å². The number of nitrogens with zero attached hydrogens (tertiary/aromatic N) is 3. The first-order valence-corrected chi connectivity index (χ1v) is 5.54. The summed E-state index contributed by atoms with van der Waals surface area (Å²) in [5.41, 5.74) is 1.98. The van der Waals surface area contributed by atoms with Crippen LogP contribution in [0.1, 0.15) is 5.69 Å². The quantitative estimate of drug-likeness (QED) is 0.815. The van der Waals surface area contributed by atoms with Gasteiger partial charge in [-0.25, -0.2) is 0 Å². The number of rotatable bonds is 5. The number of carbonyl (C=O) groups excluding carboxylic acids is 1. The fourth-order valence-electron chi connectivity index (χ4n) is 1.42. The molecule has 5 heteroatoms. The Labute approximate surface area is 102 Å². The number of nitrogens with one attached hydrogen (secondary N) is 1. The van der Waals surface area contributed by atoms with E-state index in [1.54, 1.807) is 25.2 Å². The van der Waals surface area contributed by atoms with Crippen molar-refractivity contribution >= 4 is 11.6 Å². The summed E-state index contributed by atoms with van der Waals surface area (Å²) in [6.07, 6.45) is 1.77. The second-order valence-corrected chi connectivity index (χ2v) is 4.25. The number of hydrogen-bond acceptors (Lipinski definition) is 4. The van der Waals surface area contributed by atoms with Gasteiger partial charge in [-0.05, 0) is 19.2 Å². The van der Waals surface area contributed by atoms with E-state index in [4.69, 9.17) is 0 Å². The third kappa shape index (κ3) is 4.40. The topological polar surface area (TPSA) is 48.5 Å². The fraction of sp³-hybridized carbons (Fsp3) is 0.500. The first kappa shape index (κ1) is 13.4. The van der Waals surface area contributed by atoms with Crippen LogP contribution >= 0.6 is 0 Å². The summed E-state index contributed by atoms with van der Waals surface area (Å²) in [5.74, 6) is 0.0947. The summed E-state index contributed by atoms with van der Waals surface area (Å²) in [6.45, 7) is 1.06. The molecule has 1 aromatic rings. The molecule has 0 aliphatic carbocycles. The molecule has 1 N–H and O–H groups in total. The molecule has 0 aliphatic heterocycles. The Morgan fingerprint density at radius 1 is 1.41 bits per heavy atom. The van der Waals surface area contributed by atoms with E-state index in [0.29, 0.717) is 13.1 Å². The Bertz CT molecular complexity index is 379. The van der Waals surface area contributed by atoms with Gasteiger partial charge in [-0.2, -0.15) is 0 Å². The molecule has 1 rings (SSSR count). The van der Waals surface area contributed by atoms with Crippen molar-refractivity contribution in [2.45, 2.75) is 6.54 Å². The number of pyridine rings is 1. The summed E-state index contributed by atoms with van der Waals surface area (Å²) < 4.78 is 0. The van der Waals surface area contributed by atoms with E-state index in [0.717, 1.165) is 11.4 Å². The van der Waals surface area contributed by atoms with Gasteiger partial charge in [-0.15, -0.1) is 0 Å². The molecule has 1 aromatic heterocycles. The SMILES string of the molecule is CNc1ccnc(CN(C)CC(=O)N(C)C)c1. The van der Waals surface area contributed by atoms with Crippen LogP contribution in [0.2, 0.25) is 0 Å². The second-order valence-electron chi connectivity index (χ2n) is 4.25. The van der Waals surface area contributed by atoms with Crippen molar-refractivity contribution in [1.29, 1.82) is 0 Å². The first-order valence-electron chi connectivity index (χ1n) is 5.54. The van der Waals surface area contributed by atoms with Crippen molar-refractivity contribution in [1.82, 2.24) is 14.8 Å². The van der Waals surface area contributed by atoms with Crippen molar-refractivity contribution < 1.29 is 4.79 Å². The zero-order valence-electron chi connectivity index (χ0n) is 10.9. The maximum absolute atomic E-state index is 11.5. The van der Waals surface area contributed by atoms with Crippen molar-refractivity contribution in [3.63, 3.8) is 0 Å². The van der Waals surface area contributed by atoms with E-state index in [9.17, 15) is 4.79 Å². The maximum atomic E-state index is 11.5. The lowest BCUT2D eigenvalue weighted by Crippen LogP contribution is -2.34. The van der Waals surface area contributed by atoms with Gasteiger partial charge in [0, 0.05) is 39.6 Å². The predicted octanol–water partition coefficient (Wildman–Crippen LogP) is 0.643. The molecule has 94 valence electrons. The normalized spacial score (nSPS) is 10.4. The van der Waals surface area contributed by atoms with Crippen LogP contribution in [0, 0.1) is 0 Å². The average molecular weight is 236 g/mol. The number of hydrogen-bond donors (Lipinski definition) is 1. The molecule has 0 unspecified atom stereocenters. The minimum atomic E-state index is 0.0947. The van der Waals surface area contributed by atoms with Crippen molar-refractivity contribution in [3.05, 3.63) is 24.0 Å². The number of carbonyl (C=O) groups is 1. The molecule has 0 saturated heterocycles. The predicted molar refractivity (Wildman–Crippen MR) is 68.8 cm³/mol. The van der Waals surface area contributed by atoms with Gasteiger partial charge in [0.1, 0.15) is 0 Å². The molecule has 1 amide bonds. The summed E-state index contributed by atoms with van der Waals surface area (Å²) >= 11 is 0. The molecule has 0 aliphatic rings. The van der Waals surface area contributed by atoms with Crippen LogP contribution in [0.5, 0.6) is 0 Å². The largest absolute Gasteiger partial charge is 0.388 e. The van der Waals surface area contributed by atoms with Gasteiger partial charge in [0.15, 0.2) is 0 Å². The molecule has 1 heterocycles. The third-order valence-electron chi connectivity index (χ3n) is 2.44. The molecular formula is C12H20N4O. The molecule has 0 atom stereocenters. The van der Waals surface area contributed by atoms with Gasteiger partial charge >= 0.3 is 0 Å². The molecule has 0 aromatic carbocycles. The number of likely N-dealkylation sites (N-methyl/N-ethyl adjacent to an activating group) is 2. The molecule has 17 heavy (non-hydrogen) atoms. The van der Waals surface area contributed by atoms with E-state index in [-0.39, 0.29) is 5.91 Å². The van der Waals surface area contributed by atoms with E-state index in [1.165, 1.54) is 0 Å². The second kappa shape index (κ2) is 6.20. The van der Waals surface area contributed by atoms with Crippen molar-refractivity contribution in [2.24, 2.45) is 0 Å². The lowest BCUT2D eigenvalue weighted by molar-refractivity contribution is -0.129.